The summed E-state index contributed by atoms with van der Waals surface area (Å²) in [7, 11) is 0. The van der Waals surface area contributed by atoms with Crippen LogP contribution in [-0.4, -0.2) is 36.6 Å². The Morgan fingerprint density at radius 3 is 2.70 bits per heavy atom. The molecule has 1 fully saturated rings. The van der Waals surface area contributed by atoms with Gasteiger partial charge >= 0.3 is 0 Å². The predicted molar refractivity (Wildman–Crippen MR) is 78.2 cm³/mol. The van der Waals surface area contributed by atoms with Crippen molar-refractivity contribution in [1.29, 1.82) is 0 Å². The Bertz CT molecular complexity index is 421. The summed E-state index contributed by atoms with van der Waals surface area (Å²) in [6.45, 7) is 3.64. The van der Waals surface area contributed by atoms with E-state index in [0.717, 1.165) is 5.56 Å². The van der Waals surface area contributed by atoms with Crippen LogP contribution >= 0.6 is 15.9 Å². The zero-order valence-corrected chi connectivity index (χ0v) is 13.2. The molecule has 0 aromatic heterocycles. The van der Waals surface area contributed by atoms with Crippen molar-refractivity contribution >= 4 is 15.9 Å². The van der Waals surface area contributed by atoms with Gasteiger partial charge in [-0.1, -0.05) is 15.9 Å². The molecule has 1 unspecified atom stereocenters. The van der Waals surface area contributed by atoms with E-state index in [-0.39, 0.29) is 5.82 Å². The summed E-state index contributed by atoms with van der Waals surface area (Å²) in [5.74, 6) is -0.306. The highest BCUT2D eigenvalue weighted by molar-refractivity contribution is 9.10. The van der Waals surface area contributed by atoms with Crippen LogP contribution in [0.15, 0.2) is 22.7 Å². The van der Waals surface area contributed by atoms with Crippen molar-refractivity contribution in [2.45, 2.75) is 37.9 Å². The van der Waals surface area contributed by atoms with Crippen molar-refractivity contribution < 1.29 is 19.0 Å². The maximum Gasteiger partial charge on any atom is 0.124 e. The van der Waals surface area contributed by atoms with Crippen molar-refractivity contribution in [2.24, 2.45) is 0 Å². The minimum Gasteiger partial charge on any atom is -0.390 e. The molecular weight excluding hydrogens is 327 g/mol. The normalized spacial score (nSPS) is 19.8. The van der Waals surface area contributed by atoms with Crippen LogP contribution < -0.4 is 0 Å². The van der Waals surface area contributed by atoms with Crippen LogP contribution in [0.4, 0.5) is 4.39 Å². The van der Waals surface area contributed by atoms with Gasteiger partial charge < -0.3 is 14.6 Å². The molecule has 0 saturated carbocycles. The zero-order chi connectivity index (χ0) is 14.6. The van der Waals surface area contributed by atoms with E-state index < -0.39 is 11.7 Å². The molecule has 1 saturated heterocycles. The van der Waals surface area contributed by atoms with Gasteiger partial charge in [0.1, 0.15) is 5.82 Å². The lowest BCUT2D eigenvalue weighted by Crippen LogP contribution is -2.50. The zero-order valence-electron chi connectivity index (χ0n) is 11.6. The highest BCUT2D eigenvalue weighted by Gasteiger charge is 2.40. The molecule has 3 nitrogen and oxygen atoms in total. The number of aliphatic hydroxyl groups excluding tert-OH is 1. The summed E-state index contributed by atoms with van der Waals surface area (Å²) >= 11 is 3.27. The predicted octanol–water partition coefficient (Wildman–Crippen LogP) is 3.08. The summed E-state index contributed by atoms with van der Waals surface area (Å²) in [6.07, 6.45) is 1.04. The second kappa shape index (κ2) is 6.98. The largest absolute Gasteiger partial charge is 0.390 e. The molecule has 1 aliphatic rings. The van der Waals surface area contributed by atoms with Crippen LogP contribution in [0.5, 0.6) is 0 Å². The highest BCUT2D eigenvalue weighted by atomic mass is 79.9. The van der Waals surface area contributed by atoms with Gasteiger partial charge in [-0.2, -0.15) is 0 Å². The molecule has 0 radical (unpaired) electrons. The molecule has 0 spiro atoms. The number of aliphatic hydroxyl groups is 1. The van der Waals surface area contributed by atoms with Crippen LogP contribution in [0.3, 0.4) is 0 Å². The van der Waals surface area contributed by atoms with E-state index >= 15 is 0 Å². The molecule has 1 N–H and O–H groups in total. The molecule has 1 aliphatic heterocycles. The van der Waals surface area contributed by atoms with Crippen LogP contribution in [-0.2, 0) is 15.9 Å². The van der Waals surface area contributed by atoms with Gasteiger partial charge in [0.25, 0.3) is 0 Å². The molecule has 20 heavy (non-hydrogen) atoms. The minimum absolute atomic E-state index is 0.306. The van der Waals surface area contributed by atoms with Crippen LogP contribution in [0.2, 0.25) is 0 Å². The van der Waals surface area contributed by atoms with E-state index in [1.54, 1.807) is 0 Å². The fourth-order valence-corrected chi connectivity index (χ4v) is 3.23. The van der Waals surface area contributed by atoms with Crippen LogP contribution in [0, 0.1) is 5.82 Å². The lowest BCUT2D eigenvalue weighted by molar-refractivity contribution is -0.165. The van der Waals surface area contributed by atoms with Crippen LogP contribution in [0.25, 0.3) is 0 Å². The van der Waals surface area contributed by atoms with Crippen LogP contribution in [0.1, 0.15) is 25.3 Å². The average molecular weight is 347 g/mol. The molecule has 1 atom stereocenters. The van der Waals surface area contributed by atoms with Crippen molar-refractivity contribution in [3.05, 3.63) is 34.1 Å². The molecule has 0 amide bonds. The van der Waals surface area contributed by atoms with E-state index in [9.17, 15) is 9.50 Å². The van der Waals surface area contributed by atoms with E-state index in [0.29, 0.717) is 43.6 Å². The maximum atomic E-state index is 13.4. The summed E-state index contributed by atoms with van der Waals surface area (Å²) in [6, 6.07) is 4.68. The number of halogens is 2. The second-order valence-electron chi connectivity index (χ2n) is 5.11. The number of hydrogen-bond acceptors (Lipinski definition) is 3. The van der Waals surface area contributed by atoms with E-state index in [1.807, 2.05) is 13.0 Å². The van der Waals surface area contributed by atoms with Gasteiger partial charge in [-0.25, -0.2) is 4.39 Å². The first-order chi connectivity index (χ1) is 9.55. The molecule has 1 aromatic rings. The fraction of sp³-hybridized carbons (Fsp3) is 0.600. The molecule has 5 heteroatoms. The number of rotatable bonds is 5. The molecule has 0 aliphatic carbocycles. The second-order valence-corrected chi connectivity index (χ2v) is 6.02. The number of hydrogen-bond donors (Lipinski definition) is 1. The van der Waals surface area contributed by atoms with Gasteiger partial charge in [-0.3, -0.25) is 0 Å². The minimum atomic E-state index is -0.667. The Kier molecular flexibility index (Phi) is 5.55. The lowest BCUT2D eigenvalue weighted by atomic mass is 9.84. The third-order valence-electron chi connectivity index (χ3n) is 3.73. The Balaban J connectivity index is 2.13. The molecular formula is C15H20BrFO3. The van der Waals surface area contributed by atoms with Gasteiger partial charge in [-0.05, 0) is 30.7 Å². The molecule has 1 aromatic carbocycles. The maximum absolute atomic E-state index is 13.4. The Morgan fingerprint density at radius 1 is 1.40 bits per heavy atom. The third-order valence-corrected chi connectivity index (χ3v) is 4.19. The SMILES string of the molecule is CCOC1(C(O)Cc2cc(F)cc(Br)c2)CCOCC1. The first-order valence-corrected chi connectivity index (χ1v) is 7.70. The molecule has 2 rings (SSSR count). The summed E-state index contributed by atoms with van der Waals surface area (Å²) in [4.78, 5) is 0. The summed E-state index contributed by atoms with van der Waals surface area (Å²) in [5.41, 5.74) is 0.182. The number of benzene rings is 1. The first kappa shape index (κ1) is 15.9. The topological polar surface area (TPSA) is 38.7 Å². The van der Waals surface area contributed by atoms with Gasteiger partial charge in [0.2, 0.25) is 0 Å². The summed E-state index contributed by atoms with van der Waals surface area (Å²) in [5, 5.41) is 10.6. The smallest absolute Gasteiger partial charge is 0.124 e. The molecule has 0 bridgehead atoms. The van der Waals surface area contributed by atoms with Crippen molar-refractivity contribution in [1.82, 2.24) is 0 Å². The fourth-order valence-electron chi connectivity index (χ4n) is 2.72. The van der Waals surface area contributed by atoms with Crippen molar-refractivity contribution in [3.8, 4) is 0 Å². The molecule has 112 valence electrons. The van der Waals surface area contributed by atoms with E-state index in [2.05, 4.69) is 15.9 Å². The van der Waals surface area contributed by atoms with Crippen molar-refractivity contribution in [3.63, 3.8) is 0 Å². The van der Waals surface area contributed by atoms with Gasteiger partial charge in [0, 0.05) is 43.6 Å². The van der Waals surface area contributed by atoms with Crippen molar-refractivity contribution in [2.75, 3.05) is 19.8 Å². The van der Waals surface area contributed by atoms with E-state index in [1.165, 1.54) is 12.1 Å². The Morgan fingerprint density at radius 2 is 2.10 bits per heavy atom. The molecule has 1 heterocycles. The monoisotopic (exact) mass is 346 g/mol. The quantitative estimate of drug-likeness (QED) is 0.890. The van der Waals surface area contributed by atoms with Gasteiger partial charge in [0.15, 0.2) is 0 Å². The summed E-state index contributed by atoms with van der Waals surface area (Å²) < 4.78 is 25.3. The van der Waals surface area contributed by atoms with Gasteiger partial charge in [-0.15, -0.1) is 0 Å². The van der Waals surface area contributed by atoms with E-state index in [4.69, 9.17) is 9.47 Å². The average Bonchev–Trinajstić information content (AvgIpc) is 2.38. The standard InChI is InChI=1S/C15H20BrFO3/c1-2-20-15(3-5-19-6-4-15)14(18)9-11-7-12(16)10-13(17)8-11/h7-8,10,14,18H,2-6,9H2,1H3. The van der Waals surface area contributed by atoms with Gasteiger partial charge in [0.05, 0.1) is 11.7 Å². The third kappa shape index (κ3) is 3.79. The lowest BCUT2D eigenvalue weighted by Gasteiger charge is -2.40. The first-order valence-electron chi connectivity index (χ1n) is 6.90. The number of ether oxygens (including phenoxy) is 2. The highest BCUT2D eigenvalue weighted by Crippen LogP contribution is 2.31. The Labute approximate surface area is 127 Å². The Hall–Kier alpha value is -0.490.